The predicted octanol–water partition coefficient (Wildman–Crippen LogP) is 2.14. The summed E-state index contributed by atoms with van der Waals surface area (Å²) in [6.45, 7) is 3.53. The maximum absolute atomic E-state index is 12.8. The highest BCUT2D eigenvalue weighted by atomic mass is 16.5. The van der Waals surface area contributed by atoms with E-state index in [1.807, 2.05) is 12.1 Å². The summed E-state index contributed by atoms with van der Waals surface area (Å²) < 4.78 is 6.33. The zero-order valence-electron chi connectivity index (χ0n) is 16.9. The van der Waals surface area contributed by atoms with Crippen molar-refractivity contribution in [2.75, 3.05) is 6.54 Å². The molecule has 1 aromatic carbocycles. The fourth-order valence-electron chi connectivity index (χ4n) is 4.60. The molecule has 0 bridgehead atoms. The first-order valence-electron chi connectivity index (χ1n) is 10.7. The number of benzene rings is 1. The molecule has 2 N–H and O–H groups in total. The molecule has 2 fully saturated rings. The first kappa shape index (κ1) is 19.9. The Balaban J connectivity index is 1.46. The van der Waals surface area contributed by atoms with E-state index >= 15 is 0 Å². The van der Waals surface area contributed by atoms with Crippen molar-refractivity contribution in [1.29, 1.82) is 0 Å². The largest absolute Gasteiger partial charge is 0.489 e. The first-order chi connectivity index (χ1) is 14.1. The van der Waals surface area contributed by atoms with Crippen molar-refractivity contribution < 1.29 is 19.1 Å². The van der Waals surface area contributed by atoms with Crippen molar-refractivity contribution in [3.63, 3.8) is 0 Å². The van der Waals surface area contributed by atoms with E-state index in [1.54, 1.807) is 11.0 Å². The van der Waals surface area contributed by atoms with Gasteiger partial charge in [-0.05, 0) is 62.4 Å². The van der Waals surface area contributed by atoms with E-state index in [0.29, 0.717) is 24.6 Å². The topological polar surface area (TPSA) is 87.7 Å². The Labute approximate surface area is 171 Å². The summed E-state index contributed by atoms with van der Waals surface area (Å²) >= 11 is 0. The van der Waals surface area contributed by atoms with Crippen LogP contribution in [0.15, 0.2) is 18.2 Å². The molecule has 0 radical (unpaired) electrons. The quantitative estimate of drug-likeness (QED) is 0.716. The standard InChI is InChI=1S/C22H29N3O4/c1-2-11-23-17-5-3-4-6-19(17)29-15-7-8-16-14(12-15)13-25(22(16)28)18-9-10-20(26)24-21(18)27/h7-8,12,17-19,23H,2-6,9-11,13H2,1H3,(H,24,26,27)/t17-,18?,19+/m0/s1. The number of carbonyl (C=O) groups excluding carboxylic acids is 3. The maximum Gasteiger partial charge on any atom is 0.255 e. The Hall–Kier alpha value is -2.41. The second-order valence-corrected chi connectivity index (χ2v) is 8.22. The Morgan fingerprint density at radius 3 is 2.79 bits per heavy atom. The zero-order valence-corrected chi connectivity index (χ0v) is 16.9. The molecule has 3 aliphatic rings. The van der Waals surface area contributed by atoms with Gasteiger partial charge >= 0.3 is 0 Å². The summed E-state index contributed by atoms with van der Waals surface area (Å²) in [7, 11) is 0. The van der Waals surface area contributed by atoms with Gasteiger partial charge in [0.1, 0.15) is 17.9 Å². The van der Waals surface area contributed by atoms with Crippen LogP contribution in [-0.2, 0) is 16.1 Å². The second kappa shape index (κ2) is 8.53. The summed E-state index contributed by atoms with van der Waals surface area (Å²) in [6, 6.07) is 5.37. The van der Waals surface area contributed by atoms with Crippen LogP contribution in [0.5, 0.6) is 5.75 Å². The normalized spacial score (nSPS) is 27.0. The Kier molecular flexibility index (Phi) is 5.85. The van der Waals surface area contributed by atoms with Crippen molar-refractivity contribution in [2.24, 2.45) is 0 Å². The lowest BCUT2D eigenvalue weighted by Crippen LogP contribution is -2.52. The highest BCUT2D eigenvalue weighted by Gasteiger charge is 2.39. The molecule has 2 heterocycles. The second-order valence-electron chi connectivity index (χ2n) is 8.22. The molecule has 7 heteroatoms. The lowest BCUT2D eigenvalue weighted by molar-refractivity contribution is -0.136. The number of piperidine rings is 1. The number of ether oxygens (including phenoxy) is 1. The van der Waals surface area contributed by atoms with Crippen LogP contribution in [0.4, 0.5) is 0 Å². The van der Waals surface area contributed by atoms with Crippen LogP contribution in [0.25, 0.3) is 0 Å². The smallest absolute Gasteiger partial charge is 0.255 e. The first-order valence-corrected chi connectivity index (χ1v) is 10.7. The third-order valence-corrected chi connectivity index (χ3v) is 6.14. The average molecular weight is 399 g/mol. The molecule has 0 aromatic heterocycles. The van der Waals surface area contributed by atoms with Crippen molar-refractivity contribution >= 4 is 17.7 Å². The van der Waals surface area contributed by atoms with Gasteiger partial charge in [-0.15, -0.1) is 0 Å². The van der Waals surface area contributed by atoms with E-state index in [9.17, 15) is 14.4 Å². The van der Waals surface area contributed by atoms with Crippen molar-refractivity contribution in [1.82, 2.24) is 15.5 Å². The van der Waals surface area contributed by atoms with Gasteiger partial charge in [-0.25, -0.2) is 0 Å². The number of imide groups is 1. The molecule has 1 unspecified atom stereocenters. The molecule has 1 aliphatic carbocycles. The molecule has 156 valence electrons. The highest BCUT2D eigenvalue weighted by molar-refractivity contribution is 6.05. The van der Waals surface area contributed by atoms with Crippen LogP contribution < -0.4 is 15.4 Å². The third kappa shape index (κ3) is 4.15. The van der Waals surface area contributed by atoms with Gasteiger partial charge < -0.3 is 15.0 Å². The van der Waals surface area contributed by atoms with Gasteiger partial charge in [-0.2, -0.15) is 0 Å². The predicted molar refractivity (Wildman–Crippen MR) is 107 cm³/mol. The number of nitrogens with zero attached hydrogens (tertiary/aromatic N) is 1. The van der Waals surface area contributed by atoms with Crippen LogP contribution in [0, 0.1) is 0 Å². The fourth-order valence-corrected chi connectivity index (χ4v) is 4.60. The number of hydrogen-bond acceptors (Lipinski definition) is 5. The van der Waals surface area contributed by atoms with E-state index in [2.05, 4.69) is 17.6 Å². The zero-order chi connectivity index (χ0) is 20.4. The lowest BCUT2D eigenvalue weighted by atomic mass is 9.92. The van der Waals surface area contributed by atoms with E-state index in [1.165, 1.54) is 12.8 Å². The average Bonchev–Trinajstić information content (AvgIpc) is 3.03. The van der Waals surface area contributed by atoms with Crippen LogP contribution in [0.1, 0.15) is 67.8 Å². The minimum absolute atomic E-state index is 0.136. The number of carbonyl (C=O) groups is 3. The number of nitrogens with one attached hydrogen (secondary N) is 2. The summed E-state index contributed by atoms with van der Waals surface area (Å²) in [4.78, 5) is 38.0. The molecule has 1 saturated heterocycles. The molecule has 1 saturated carbocycles. The molecule has 4 rings (SSSR count). The molecular formula is C22H29N3O4. The van der Waals surface area contributed by atoms with Gasteiger partial charge in [-0.3, -0.25) is 19.7 Å². The molecule has 7 nitrogen and oxygen atoms in total. The molecule has 2 aliphatic heterocycles. The number of fused-ring (bicyclic) bond motifs is 1. The number of rotatable bonds is 6. The Morgan fingerprint density at radius 2 is 2.00 bits per heavy atom. The third-order valence-electron chi connectivity index (χ3n) is 6.14. The van der Waals surface area contributed by atoms with Gasteiger partial charge in [-0.1, -0.05) is 13.3 Å². The minimum atomic E-state index is -0.585. The van der Waals surface area contributed by atoms with Crippen molar-refractivity contribution in [3.8, 4) is 5.75 Å². The lowest BCUT2D eigenvalue weighted by Gasteiger charge is -2.32. The van der Waals surface area contributed by atoms with Gasteiger partial charge in [0.2, 0.25) is 11.8 Å². The van der Waals surface area contributed by atoms with Crippen LogP contribution in [0.2, 0.25) is 0 Å². The van der Waals surface area contributed by atoms with Crippen LogP contribution >= 0.6 is 0 Å². The fraction of sp³-hybridized carbons (Fsp3) is 0.591. The summed E-state index contributed by atoms with van der Waals surface area (Å²) in [5.41, 5.74) is 1.50. The summed E-state index contributed by atoms with van der Waals surface area (Å²) in [5.74, 6) is -0.0335. The molecule has 3 amide bonds. The number of amides is 3. The van der Waals surface area contributed by atoms with Crippen molar-refractivity contribution in [3.05, 3.63) is 29.3 Å². The van der Waals surface area contributed by atoms with E-state index in [0.717, 1.165) is 37.1 Å². The van der Waals surface area contributed by atoms with Gasteiger partial charge in [0.15, 0.2) is 0 Å². The van der Waals surface area contributed by atoms with Crippen molar-refractivity contribution in [2.45, 2.75) is 76.6 Å². The Bertz CT molecular complexity index is 809. The summed E-state index contributed by atoms with van der Waals surface area (Å²) in [5, 5.41) is 5.94. The minimum Gasteiger partial charge on any atom is -0.489 e. The van der Waals surface area contributed by atoms with Gasteiger partial charge in [0.05, 0.1) is 0 Å². The van der Waals surface area contributed by atoms with Gasteiger partial charge in [0.25, 0.3) is 5.91 Å². The molecule has 3 atom stereocenters. The molecule has 1 aromatic rings. The number of hydrogen-bond donors (Lipinski definition) is 2. The molecular weight excluding hydrogens is 370 g/mol. The maximum atomic E-state index is 12.8. The van der Waals surface area contributed by atoms with E-state index in [4.69, 9.17) is 4.74 Å². The highest BCUT2D eigenvalue weighted by Crippen LogP contribution is 2.31. The summed E-state index contributed by atoms with van der Waals surface area (Å²) in [6.07, 6.45) is 6.41. The van der Waals surface area contributed by atoms with Crippen LogP contribution in [0.3, 0.4) is 0 Å². The van der Waals surface area contributed by atoms with Gasteiger partial charge in [0, 0.05) is 24.6 Å². The molecule has 29 heavy (non-hydrogen) atoms. The van der Waals surface area contributed by atoms with E-state index < -0.39 is 6.04 Å². The Morgan fingerprint density at radius 1 is 1.17 bits per heavy atom. The SMILES string of the molecule is CCCN[C@H]1CCCC[C@H]1Oc1ccc2c(c1)CN(C1CCC(=O)NC1=O)C2=O. The van der Waals surface area contributed by atoms with E-state index in [-0.39, 0.29) is 30.2 Å². The molecule has 0 spiro atoms. The monoisotopic (exact) mass is 399 g/mol. The van der Waals surface area contributed by atoms with Crippen LogP contribution in [-0.4, -0.2) is 47.4 Å².